The van der Waals surface area contributed by atoms with Crippen LogP contribution in [0, 0.1) is 5.82 Å². The first kappa shape index (κ1) is 13.5. The molecular formula is C14H16FNO3. The van der Waals surface area contributed by atoms with Crippen molar-refractivity contribution in [2.24, 2.45) is 0 Å². The maximum Gasteiger partial charge on any atom is 0.323 e. The third kappa shape index (κ3) is 2.59. The monoisotopic (exact) mass is 265 g/mol. The number of hydrogen-bond donors (Lipinski definition) is 1. The van der Waals surface area contributed by atoms with Crippen molar-refractivity contribution >= 4 is 11.9 Å². The molecule has 1 aromatic rings. The lowest BCUT2D eigenvalue weighted by Crippen LogP contribution is -2.42. The zero-order valence-electron chi connectivity index (χ0n) is 10.7. The highest BCUT2D eigenvalue weighted by atomic mass is 19.1. The van der Waals surface area contributed by atoms with E-state index in [1.54, 1.807) is 19.1 Å². The molecule has 0 bridgehead atoms. The SMILES string of the molecule is CCN(CC(=O)O)C(=O)C1(c2ccc(F)cc2)CC1. The molecule has 0 spiro atoms. The maximum atomic E-state index is 12.9. The van der Waals surface area contributed by atoms with Crippen molar-refractivity contribution in [1.82, 2.24) is 4.90 Å². The number of benzene rings is 1. The summed E-state index contributed by atoms with van der Waals surface area (Å²) in [5.41, 5.74) is 0.127. The van der Waals surface area contributed by atoms with Crippen molar-refractivity contribution in [2.45, 2.75) is 25.2 Å². The van der Waals surface area contributed by atoms with Gasteiger partial charge >= 0.3 is 5.97 Å². The number of carbonyl (C=O) groups is 2. The minimum Gasteiger partial charge on any atom is -0.480 e. The van der Waals surface area contributed by atoms with Gasteiger partial charge in [0.25, 0.3) is 0 Å². The van der Waals surface area contributed by atoms with E-state index in [0.717, 1.165) is 5.56 Å². The van der Waals surface area contributed by atoms with Gasteiger partial charge in [-0.15, -0.1) is 0 Å². The zero-order valence-corrected chi connectivity index (χ0v) is 10.7. The smallest absolute Gasteiger partial charge is 0.323 e. The number of carboxylic acids is 1. The van der Waals surface area contributed by atoms with Gasteiger partial charge in [0.1, 0.15) is 12.4 Å². The number of hydrogen-bond acceptors (Lipinski definition) is 2. The van der Waals surface area contributed by atoms with Crippen molar-refractivity contribution in [1.29, 1.82) is 0 Å². The molecule has 0 heterocycles. The fourth-order valence-corrected chi connectivity index (χ4v) is 2.31. The Hall–Kier alpha value is -1.91. The summed E-state index contributed by atoms with van der Waals surface area (Å²) in [6.45, 7) is 1.81. The van der Waals surface area contributed by atoms with E-state index in [1.165, 1.54) is 17.0 Å². The summed E-state index contributed by atoms with van der Waals surface area (Å²) in [6, 6.07) is 5.87. The number of carbonyl (C=O) groups excluding carboxylic acids is 1. The molecule has 1 saturated carbocycles. The van der Waals surface area contributed by atoms with Gasteiger partial charge in [-0.1, -0.05) is 12.1 Å². The van der Waals surface area contributed by atoms with E-state index in [9.17, 15) is 14.0 Å². The van der Waals surface area contributed by atoms with Crippen LogP contribution in [0.3, 0.4) is 0 Å². The van der Waals surface area contributed by atoms with E-state index in [0.29, 0.717) is 19.4 Å². The number of likely N-dealkylation sites (N-methyl/N-ethyl adjacent to an activating group) is 1. The molecule has 1 amide bonds. The molecule has 0 radical (unpaired) electrons. The van der Waals surface area contributed by atoms with Gasteiger partial charge in [-0.3, -0.25) is 9.59 Å². The highest BCUT2D eigenvalue weighted by molar-refractivity contribution is 5.93. The predicted octanol–water partition coefficient (Wildman–Crippen LogP) is 1.79. The Morgan fingerprint density at radius 2 is 1.89 bits per heavy atom. The third-order valence-electron chi connectivity index (χ3n) is 3.55. The highest BCUT2D eigenvalue weighted by Crippen LogP contribution is 2.49. The van der Waals surface area contributed by atoms with Gasteiger partial charge < -0.3 is 10.0 Å². The van der Waals surface area contributed by atoms with E-state index in [1.807, 2.05) is 0 Å². The second-order valence-corrected chi connectivity index (χ2v) is 4.80. The van der Waals surface area contributed by atoms with E-state index in [2.05, 4.69) is 0 Å². The van der Waals surface area contributed by atoms with Crippen molar-refractivity contribution in [3.63, 3.8) is 0 Å². The Labute approximate surface area is 110 Å². The molecule has 0 aromatic heterocycles. The van der Waals surface area contributed by atoms with Crippen LogP contribution in [0.4, 0.5) is 4.39 Å². The van der Waals surface area contributed by atoms with Crippen LogP contribution in [0.2, 0.25) is 0 Å². The van der Waals surface area contributed by atoms with Crippen LogP contribution >= 0.6 is 0 Å². The van der Waals surface area contributed by atoms with E-state index >= 15 is 0 Å². The largest absolute Gasteiger partial charge is 0.480 e. The number of aliphatic carboxylic acids is 1. The van der Waals surface area contributed by atoms with Gasteiger partial charge in [-0.25, -0.2) is 4.39 Å². The van der Waals surface area contributed by atoms with E-state index in [4.69, 9.17) is 5.11 Å². The fourth-order valence-electron chi connectivity index (χ4n) is 2.31. The summed E-state index contributed by atoms with van der Waals surface area (Å²) in [6.07, 6.45) is 1.38. The van der Waals surface area contributed by atoms with Crippen LogP contribution in [-0.2, 0) is 15.0 Å². The van der Waals surface area contributed by atoms with Gasteiger partial charge in [-0.05, 0) is 37.5 Å². The topological polar surface area (TPSA) is 57.6 Å². The van der Waals surface area contributed by atoms with Crippen LogP contribution in [0.1, 0.15) is 25.3 Å². The van der Waals surface area contributed by atoms with Crippen molar-refractivity contribution in [3.05, 3.63) is 35.6 Å². The molecule has 0 saturated heterocycles. The lowest BCUT2D eigenvalue weighted by atomic mass is 9.94. The fraction of sp³-hybridized carbons (Fsp3) is 0.429. The second-order valence-electron chi connectivity index (χ2n) is 4.80. The standard InChI is InChI=1S/C14H16FNO3/c1-2-16(9-12(17)18)13(19)14(7-8-14)10-3-5-11(15)6-4-10/h3-6H,2,7-9H2,1H3,(H,17,18). The van der Waals surface area contributed by atoms with Gasteiger partial charge in [0.05, 0.1) is 5.41 Å². The number of nitrogens with zero attached hydrogens (tertiary/aromatic N) is 1. The molecule has 1 aromatic carbocycles. The second kappa shape index (κ2) is 4.99. The molecule has 2 rings (SSSR count). The Morgan fingerprint density at radius 1 is 1.32 bits per heavy atom. The normalized spacial score (nSPS) is 15.9. The summed E-state index contributed by atoms with van der Waals surface area (Å²) in [4.78, 5) is 24.5. The first-order valence-electron chi connectivity index (χ1n) is 6.27. The molecule has 0 unspecified atom stereocenters. The quantitative estimate of drug-likeness (QED) is 0.883. The molecule has 5 heteroatoms. The molecule has 19 heavy (non-hydrogen) atoms. The highest BCUT2D eigenvalue weighted by Gasteiger charge is 2.52. The van der Waals surface area contributed by atoms with Crippen molar-refractivity contribution < 1.29 is 19.1 Å². The van der Waals surface area contributed by atoms with Gasteiger partial charge in [0.2, 0.25) is 5.91 Å². The molecule has 1 aliphatic rings. The van der Waals surface area contributed by atoms with Crippen LogP contribution in [-0.4, -0.2) is 35.0 Å². The van der Waals surface area contributed by atoms with Gasteiger partial charge in [0.15, 0.2) is 0 Å². The maximum absolute atomic E-state index is 12.9. The predicted molar refractivity (Wildman–Crippen MR) is 67.2 cm³/mol. The molecule has 4 nitrogen and oxygen atoms in total. The van der Waals surface area contributed by atoms with Crippen LogP contribution in [0.15, 0.2) is 24.3 Å². The van der Waals surface area contributed by atoms with Crippen LogP contribution in [0.25, 0.3) is 0 Å². The van der Waals surface area contributed by atoms with Crippen LogP contribution in [0.5, 0.6) is 0 Å². The Bertz CT molecular complexity index is 494. The summed E-state index contributed by atoms with van der Waals surface area (Å²) >= 11 is 0. The summed E-state index contributed by atoms with van der Waals surface area (Å²) < 4.78 is 12.9. The minimum absolute atomic E-state index is 0.177. The number of amides is 1. The molecule has 0 atom stereocenters. The average molecular weight is 265 g/mol. The van der Waals surface area contributed by atoms with Gasteiger partial charge in [-0.2, -0.15) is 0 Å². The number of carboxylic acid groups (broad SMARTS) is 1. The first-order chi connectivity index (χ1) is 8.99. The van der Waals surface area contributed by atoms with Gasteiger partial charge in [0, 0.05) is 6.54 Å². The van der Waals surface area contributed by atoms with E-state index in [-0.39, 0.29) is 18.3 Å². The summed E-state index contributed by atoms with van der Waals surface area (Å²) in [7, 11) is 0. The lowest BCUT2D eigenvalue weighted by Gasteiger charge is -2.25. The Kier molecular flexibility index (Phi) is 3.55. The molecular weight excluding hydrogens is 249 g/mol. The zero-order chi connectivity index (χ0) is 14.0. The molecule has 0 aliphatic heterocycles. The minimum atomic E-state index is -1.02. The van der Waals surface area contributed by atoms with Crippen molar-refractivity contribution in [2.75, 3.05) is 13.1 Å². The summed E-state index contributed by atoms with van der Waals surface area (Å²) in [5.74, 6) is -1.54. The van der Waals surface area contributed by atoms with Crippen LogP contribution < -0.4 is 0 Å². The number of rotatable bonds is 5. The molecule has 1 fully saturated rings. The third-order valence-corrected chi connectivity index (χ3v) is 3.55. The molecule has 1 aliphatic carbocycles. The molecule has 1 N–H and O–H groups in total. The number of halogens is 1. The Balaban J connectivity index is 2.22. The average Bonchev–Trinajstić information content (AvgIpc) is 3.17. The van der Waals surface area contributed by atoms with Crippen molar-refractivity contribution in [3.8, 4) is 0 Å². The molecule has 102 valence electrons. The summed E-state index contributed by atoms with van der Waals surface area (Å²) in [5, 5.41) is 8.81. The van der Waals surface area contributed by atoms with E-state index < -0.39 is 11.4 Å². The Morgan fingerprint density at radius 3 is 2.32 bits per heavy atom. The lowest BCUT2D eigenvalue weighted by molar-refractivity contribution is -0.145. The first-order valence-corrected chi connectivity index (χ1v) is 6.27.